The second-order valence-electron chi connectivity index (χ2n) is 12.3. The Morgan fingerprint density at radius 2 is 1.87 bits per heavy atom. The fourth-order valence-corrected chi connectivity index (χ4v) is 8.06. The molecule has 4 aliphatic rings. The Bertz CT molecular complexity index is 1420. The molecule has 2 fully saturated rings. The summed E-state index contributed by atoms with van der Waals surface area (Å²) < 4.78 is 7.04. The molecule has 9 heteroatoms. The van der Waals surface area contributed by atoms with E-state index in [4.69, 9.17) is 4.74 Å². The number of hydrogen-bond donors (Lipinski definition) is 3. The molecule has 9 nitrogen and oxygen atoms in total. The molecule has 0 unspecified atom stereocenters. The summed E-state index contributed by atoms with van der Waals surface area (Å²) in [5, 5.41) is 36.9. The minimum absolute atomic E-state index is 0.0134. The molecule has 0 radical (unpaired) electrons. The maximum atomic E-state index is 13.2. The Hall–Kier alpha value is -3.46. The van der Waals surface area contributed by atoms with Gasteiger partial charge in [0.1, 0.15) is 23.2 Å². The Balaban J connectivity index is 1.65. The Morgan fingerprint density at radius 3 is 2.55 bits per heavy atom. The number of carbonyl (C=O) groups excluding carboxylic acids is 2. The third-order valence-corrected chi connectivity index (χ3v) is 10.3. The lowest BCUT2D eigenvalue weighted by molar-refractivity contribution is -0.386. The van der Waals surface area contributed by atoms with Crippen LogP contribution in [0.2, 0.25) is 0 Å². The third kappa shape index (κ3) is 2.96. The molecule has 38 heavy (non-hydrogen) atoms. The number of phenolic OH excluding ortho intramolecular Hbond substituents is 1. The van der Waals surface area contributed by atoms with Crippen LogP contribution in [0.15, 0.2) is 30.3 Å². The summed E-state index contributed by atoms with van der Waals surface area (Å²) in [5.74, 6) is -0.585. The van der Waals surface area contributed by atoms with Crippen LogP contribution < -0.4 is 10.1 Å². The van der Waals surface area contributed by atoms with E-state index >= 15 is 0 Å². The Labute approximate surface area is 220 Å². The second-order valence-corrected chi connectivity index (χ2v) is 12.3. The van der Waals surface area contributed by atoms with Crippen LogP contribution in [0, 0.1) is 32.8 Å². The number of aliphatic hydroxyl groups is 1. The molecule has 2 aromatic carbocycles. The van der Waals surface area contributed by atoms with Crippen LogP contribution in [-0.4, -0.2) is 38.5 Å². The van der Waals surface area contributed by atoms with E-state index in [-0.39, 0.29) is 46.8 Å². The molecule has 200 valence electrons. The highest BCUT2D eigenvalue weighted by Gasteiger charge is 2.70. The molecule has 2 saturated carbocycles. The lowest BCUT2D eigenvalue weighted by Gasteiger charge is -2.66. The number of phenols is 1. The first-order chi connectivity index (χ1) is 17.8. The molecule has 2 aliphatic heterocycles. The molecule has 0 aromatic heterocycles. The van der Waals surface area contributed by atoms with Gasteiger partial charge in [0.25, 0.3) is 11.6 Å². The zero-order valence-corrected chi connectivity index (χ0v) is 21.9. The van der Waals surface area contributed by atoms with Crippen LogP contribution >= 0.6 is 0 Å². The van der Waals surface area contributed by atoms with Crippen LogP contribution in [0.25, 0.3) is 0 Å². The van der Waals surface area contributed by atoms with Crippen molar-refractivity contribution in [3.8, 4) is 11.5 Å². The number of benzene rings is 2. The van der Waals surface area contributed by atoms with Gasteiger partial charge in [0.05, 0.1) is 22.1 Å². The number of amides is 1. The molecule has 6 rings (SSSR count). The van der Waals surface area contributed by atoms with Gasteiger partial charge in [-0.1, -0.05) is 45.9 Å². The monoisotopic (exact) mass is 520 g/mol. The summed E-state index contributed by atoms with van der Waals surface area (Å²) in [6.45, 7) is 7.88. The van der Waals surface area contributed by atoms with Gasteiger partial charge in [-0.15, -0.1) is 0 Å². The van der Waals surface area contributed by atoms with Gasteiger partial charge >= 0.3 is 0 Å². The molecule has 0 bridgehead atoms. The maximum absolute atomic E-state index is 13.2. The van der Waals surface area contributed by atoms with E-state index in [1.807, 2.05) is 13.8 Å². The lowest BCUT2D eigenvalue weighted by atomic mass is 9.43. The minimum Gasteiger partial charge on any atom is -0.508 e. The van der Waals surface area contributed by atoms with Gasteiger partial charge in [-0.25, -0.2) is 0 Å². The number of carbonyl (C=O) groups is 2. The molecule has 2 aromatic rings. The Morgan fingerprint density at radius 1 is 1.16 bits per heavy atom. The quantitative estimate of drug-likeness (QED) is 0.398. The largest absolute Gasteiger partial charge is 0.508 e. The standard InChI is InChI=1S/C29H32N2O7/c1-14-9-10-21-27(2,3)25(34)20(33)13-29(21)28(14,4)12-17-18(31(36)37)11-16-22(24(17)38-29)23(30-26(16)35)15-7-5-6-8-19(15)32/h5-8,11,14,20-21,23,32-33H,9-10,12-13H2,1-4H3,(H,30,35)/t14-,20+,21-,23+,28+,29-/m0/s1. The van der Waals surface area contributed by atoms with Gasteiger partial charge in [-0.05, 0) is 31.2 Å². The van der Waals surface area contributed by atoms with Crippen molar-refractivity contribution in [2.24, 2.45) is 22.7 Å². The van der Waals surface area contributed by atoms with Crippen molar-refractivity contribution in [1.29, 1.82) is 0 Å². The van der Waals surface area contributed by atoms with Crippen molar-refractivity contribution in [2.75, 3.05) is 0 Å². The summed E-state index contributed by atoms with van der Waals surface area (Å²) >= 11 is 0. The van der Waals surface area contributed by atoms with Gasteiger partial charge in [0.2, 0.25) is 0 Å². The second kappa shape index (κ2) is 7.79. The number of fused-ring (bicyclic) bond motifs is 3. The summed E-state index contributed by atoms with van der Waals surface area (Å²) in [5.41, 5.74) is -1.18. The first-order valence-corrected chi connectivity index (χ1v) is 13.2. The van der Waals surface area contributed by atoms with Crippen molar-refractivity contribution in [3.05, 3.63) is 62.7 Å². The fraction of sp³-hybridized carbons (Fsp3) is 0.517. The van der Waals surface area contributed by atoms with Gasteiger partial charge in [-0.3, -0.25) is 19.7 Å². The molecule has 1 amide bonds. The zero-order chi connectivity index (χ0) is 27.4. The number of rotatable bonds is 2. The summed E-state index contributed by atoms with van der Waals surface area (Å²) in [7, 11) is 0. The average molecular weight is 521 g/mol. The number of hydrogen-bond acceptors (Lipinski definition) is 7. The van der Waals surface area contributed by atoms with Crippen LogP contribution in [0.5, 0.6) is 11.5 Å². The number of Topliss-reactive ketones (excluding diaryl/α,β-unsaturated/α-hetero) is 1. The Kier molecular flexibility index (Phi) is 5.09. The van der Waals surface area contributed by atoms with Crippen molar-refractivity contribution < 1.29 is 29.5 Å². The summed E-state index contributed by atoms with van der Waals surface area (Å²) in [6, 6.07) is 7.21. The SMILES string of the molecule is C[C@H]1CC[C@H]2C(C)(C)C(=O)[C@H](O)C[C@]23Oc2c(c([N+](=O)[O-])cc4c2[C@@H](c2ccccc2O)NC4=O)C[C@]13C. The third-order valence-electron chi connectivity index (χ3n) is 10.3. The van der Waals surface area contributed by atoms with Crippen molar-refractivity contribution in [2.45, 2.75) is 71.1 Å². The topological polar surface area (TPSA) is 139 Å². The van der Waals surface area contributed by atoms with Crippen LogP contribution in [0.3, 0.4) is 0 Å². The molecular formula is C29H32N2O7. The highest BCUT2D eigenvalue weighted by molar-refractivity contribution is 6.02. The van der Waals surface area contributed by atoms with Gasteiger partial charge in [0.15, 0.2) is 5.78 Å². The predicted octanol–water partition coefficient (Wildman–Crippen LogP) is 4.22. The number of aromatic hydroxyl groups is 1. The molecule has 2 aliphatic carbocycles. The highest BCUT2D eigenvalue weighted by atomic mass is 16.6. The number of nitro benzene ring substituents is 1. The zero-order valence-electron chi connectivity index (χ0n) is 21.9. The summed E-state index contributed by atoms with van der Waals surface area (Å²) in [4.78, 5) is 38.1. The van der Waals surface area contributed by atoms with Gasteiger partial charge < -0.3 is 20.3 Å². The van der Waals surface area contributed by atoms with E-state index in [2.05, 4.69) is 19.2 Å². The number of aliphatic hydroxyl groups excluding tert-OH is 1. The van der Waals surface area contributed by atoms with E-state index in [0.717, 1.165) is 12.8 Å². The number of nitrogens with one attached hydrogen (secondary N) is 1. The first kappa shape index (κ1) is 24.9. The molecule has 3 N–H and O–H groups in total. The number of nitro groups is 1. The van der Waals surface area contributed by atoms with Gasteiger partial charge in [0, 0.05) is 40.4 Å². The first-order valence-electron chi connectivity index (χ1n) is 13.2. The van der Waals surface area contributed by atoms with E-state index in [1.54, 1.807) is 18.2 Å². The fourth-order valence-electron chi connectivity index (χ4n) is 8.06. The van der Waals surface area contributed by atoms with Crippen molar-refractivity contribution >= 4 is 17.4 Å². The average Bonchev–Trinajstić information content (AvgIpc) is 3.18. The van der Waals surface area contributed by atoms with Crippen LogP contribution in [0.4, 0.5) is 5.69 Å². The van der Waals surface area contributed by atoms with Crippen LogP contribution in [0.1, 0.15) is 80.0 Å². The maximum Gasteiger partial charge on any atom is 0.277 e. The van der Waals surface area contributed by atoms with Gasteiger partial charge in [-0.2, -0.15) is 0 Å². The number of nitrogens with zero attached hydrogens (tertiary/aromatic N) is 1. The molecule has 1 spiro atoms. The normalized spacial score (nSPS) is 34.8. The van der Waals surface area contributed by atoms with E-state index in [0.29, 0.717) is 23.1 Å². The van der Waals surface area contributed by atoms with E-state index in [1.165, 1.54) is 12.1 Å². The lowest BCUT2D eigenvalue weighted by Crippen LogP contribution is -2.72. The van der Waals surface area contributed by atoms with Crippen molar-refractivity contribution in [1.82, 2.24) is 5.32 Å². The minimum atomic E-state index is -1.23. The predicted molar refractivity (Wildman–Crippen MR) is 137 cm³/mol. The summed E-state index contributed by atoms with van der Waals surface area (Å²) in [6.07, 6.45) is 0.707. The van der Waals surface area contributed by atoms with Crippen molar-refractivity contribution in [3.63, 3.8) is 0 Å². The highest BCUT2D eigenvalue weighted by Crippen LogP contribution is 2.66. The molecule has 2 heterocycles. The number of ether oxygens (including phenoxy) is 1. The molecule has 0 saturated heterocycles. The number of para-hydroxylation sites is 1. The number of ketones is 1. The van der Waals surface area contributed by atoms with E-state index < -0.39 is 39.4 Å². The van der Waals surface area contributed by atoms with E-state index in [9.17, 15) is 29.9 Å². The molecular weight excluding hydrogens is 488 g/mol. The smallest absolute Gasteiger partial charge is 0.277 e. The molecule has 6 atom stereocenters. The van der Waals surface area contributed by atoms with Crippen LogP contribution in [-0.2, 0) is 11.2 Å².